The minimum Gasteiger partial charge on any atom is -0.310 e. The number of anilines is 3. The average Bonchev–Trinajstić information content (AvgIpc) is 3.27. The number of fused-ring (bicyclic) bond motifs is 5. The highest BCUT2D eigenvalue weighted by Crippen LogP contribution is 2.43. The lowest BCUT2D eigenvalue weighted by Gasteiger charge is -2.28. The van der Waals surface area contributed by atoms with E-state index in [2.05, 4.69) is 205 Å². The highest BCUT2D eigenvalue weighted by molar-refractivity contribution is 6.19. The zero-order valence-electron chi connectivity index (χ0n) is 30.0. The Balaban J connectivity index is 1.22. The molecule has 0 spiro atoms. The van der Waals surface area contributed by atoms with E-state index in [1.165, 1.54) is 16.7 Å². The molecule has 55 heavy (non-hydrogen) atoms. The molecule has 0 bridgehead atoms. The Kier molecular flexibility index (Phi) is 8.16. The summed E-state index contributed by atoms with van der Waals surface area (Å²) in [4.78, 5) is 13.2. The Labute approximate surface area is 320 Å². The standard InChI is InChI=1S/C52H35N3/c1-5-15-36(16-6-1)37-27-31-43(32-28-37)55(48-24-14-13-23-45(48)38-17-7-2-8-18-38)44-33-29-39-25-26-40-30-34-47-52(49(40)46(39)35-44)54-51(42-21-11-4-12-22-42)50(53-47)41-19-9-3-10-20-41/h1-35H. The molecule has 1 heterocycles. The highest BCUT2D eigenvalue weighted by atomic mass is 15.1. The fourth-order valence-corrected chi connectivity index (χ4v) is 7.77. The van der Waals surface area contributed by atoms with Crippen LogP contribution in [0.4, 0.5) is 17.1 Å². The zero-order valence-corrected chi connectivity index (χ0v) is 30.0. The summed E-state index contributed by atoms with van der Waals surface area (Å²) in [6.07, 6.45) is 0. The number of hydrogen-bond acceptors (Lipinski definition) is 3. The molecule has 0 aliphatic heterocycles. The largest absolute Gasteiger partial charge is 0.310 e. The monoisotopic (exact) mass is 701 g/mol. The molecule has 0 amide bonds. The van der Waals surface area contributed by atoms with E-state index in [0.29, 0.717) is 0 Å². The second kappa shape index (κ2) is 13.9. The van der Waals surface area contributed by atoms with Crippen LogP contribution < -0.4 is 4.90 Å². The molecule has 10 aromatic rings. The van der Waals surface area contributed by atoms with Gasteiger partial charge in [-0.25, -0.2) is 9.97 Å². The van der Waals surface area contributed by atoms with E-state index in [0.717, 1.165) is 77.7 Å². The third kappa shape index (κ3) is 5.98. The van der Waals surface area contributed by atoms with Gasteiger partial charge in [0.05, 0.1) is 28.1 Å². The molecule has 0 radical (unpaired) electrons. The van der Waals surface area contributed by atoms with E-state index in [4.69, 9.17) is 9.97 Å². The Morgan fingerprint density at radius 1 is 0.345 bits per heavy atom. The summed E-state index contributed by atoms with van der Waals surface area (Å²) in [5.74, 6) is 0. The Morgan fingerprint density at radius 3 is 1.51 bits per heavy atom. The normalized spacial score (nSPS) is 11.3. The second-order valence-corrected chi connectivity index (χ2v) is 13.8. The van der Waals surface area contributed by atoms with Gasteiger partial charge in [0.2, 0.25) is 0 Å². The minimum absolute atomic E-state index is 0.867. The summed E-state index contributed by atoms with van der Waals surface area (Å²) in [5.41, 5.74) is 13.5. The van der Waals surface area contributed by atoms with Gasteiger partial charge < -0.3 is 4.90 Å². The molecule has 0 atom stereocenters. The van der Waals surface area contributed by atoms with E-state index >= 15 is 0 Å². The number of aromatic nitrogens is 2. The number of rotatable bonds is 7. The molecule has 0 N–H and O–H groups in total. The minimum atomic E-state index is 0.867. The van der Waals surface area contributed by atoms with Crippen molar-refractivity contribution in [2.75, 3.05) is 4.90 Å². The predicted molar refractivity (Wildman–Crippen MR) is 231 cm³/mol. The molecule has 0 fully saturated rings. The van der Waals surface area contributed by atoms with Crippen molar-refractivity contribution in [3.05, 3.63) is 212 Å². The van der Waals surface area contributed by atoms with Crippen LogP contribution in [0.2, 0.25) is 0 Å². The van der Waals surface area contributed by atoms with Crippen LogP contribution in [0.5, 0.6) is 0 Å². The van der Waals surface area contributed by atoms with Gasteiger partial charge in [-0.15, -0.1) is 0 Å². The lowest BCUT2D eigenvalue weighted by atomic mass is 9.97. The highest BCUT2D eigenvalue weighted by Gasteiger charge is 2.20. The van der Waals surface area contributed by atoms with Crippen LogP contribution in [0, 0.1) is 0 Å². The Morgan fingerprint density at radius 2 is 0.836 bits per heavy atom. The predicted octanol–water partition coefficient (Wildman–Crippen LogP) is 14.1. The van der Waals surface area contributed by atoms with E-state index in [9.17, 15) is 0 Å². The maximum absolute atomic E-state index is 5.51. The maximum Gasteiger partial charge on any atom is 0.0979 e. The first-order valence-corrected chi connectivity index (χ1v) is 18.7. The van der Waals surface area contributed by atoms with Gasteiger partial charge in [-0.05, 0) is 69.2 Å². The van der Waals surface area contributed by atoms with Gasteiger partial charge in [-0.2, -0.15) is 0 Å². The van der Waals surface area contributed by atoms with E-state index in [-0.39, 0.29) is 0 Å². The quantitative estimate of drug-likeness (QED) is 0.155. The van der Waals surface area contributed by atoms with Crippen molar-refractivity contribution >= 4 is 49.6 Å². The molecule has 0 saturated heterocycles. The van der Waals surface area contributed by atoms with Crippen molar-refractivity contribution < 1.29 is 0 Å². The number of nitrogens with zero attached hydrogens (tertiary/aromatic N) is 3. The molecule has 258 valence electrons. The smallest absolute Gasteiger partial charge is 0.0979 e. The van der Waals surface area contributed by atoms with Gasteiger partial charge in [0, 0.05) is 33.5 Å². The molecular weight excluding hydrogens is 667 g/mol. The van der Waals surface area contributed by atoms with Crippen LogP contribution in [-0.4, -0.2) is 9.97 Å². The number of hydrogen-bond donors (Lipinski definition) is 0. The summed E-state index contributed by atoms with van der Waals surface area (Å²) in [5, 5.41) is 4.50. The van der Waals surface area contributed by atoms with Crippen molar-refractivity contribution in [2.24, 2.45) is 0 Å². The average molecular weight is 702 g/mol. The van der Waals surface area contributed by atoms with Crippen LogP contribution in [0.1, 0.15) is 0 Å². The Bertz CT molecular complexity index is 2940. The van der Waals surface area contributed by atoms with Gasteiger partial charge in [0.15, 0.2) is 0 Å². The van der Waals surface area contributed by atoms with E-state index in [1.54, 1.807) is 0 Å². The topological polar surface area (TPSA) is 29.0 Å². The van der Waals surface area contributed by atoms with Crippen molar-refractivity contribution in [3.8, 4) is 44.8 Å². The number of benzene rings is 9. The summed E-state index contributed by atoms with van der Waals surface area (Å²) in [6, 6.07) is 75.1. The molecule has 3 nitrogen and oxygen atoms in total. The van der Waals surface area contributed by atoms with Crippen molar-refractivity contribution in [3.63, 3.8) is 0 Å². The van der Waals surface area contributed by atoms with Crippen LogP contribution >= 0.6 is 0 Å². The fraction of sp³-hybridized carbons (Fsp3) is 0. The molecule has 3 heteroatoms. The van der Waals surface area contributed by atoms with Crippen LogP contribution in [-0.2, 0) is 0 Å². The van der Waals surface area contributed by atoms with Crippen LogP contribution in [0.25, 0.3) is 77.3 Å². The van der Waals surface area contributed by atoms with Gasteiger partial charge in [0.1, 0.15) is 0 Å². The Hall–Kier alpha value is -7.36. The lowest BCUT2D eigenvalue weighted by Crippen LogP contribution is -2.11. The lowest BCUT2D eigenvalue weighted by molar-refractivity contribution is 1.29. The first-order chi connectivity index (χ1) is 27.3. The molecule has 0 aliphatic rings. The van der Waals surface area contributed by atoms with Gasteiger partial charge >= 0.3 is 0 Å². The van der Waals surface area contributed by atoms with Crippen LogP contribution in [0.15, 0.2) is 212 Å². The van der Waals surface area contributed by atoms with E-state index < -0.39 is 0 Å². The maximum atomic E-state index is 5.51. The molecule has 9 aromatic carbocycles. The molecular formula is C52H35N3. The summed E-state index contributed by atoms with van der Waals surface area (Å²) in [7, 11) is 0. The summed E-state index contributed by atoms with van der Waals surface area (Å²) in [6.45, 7) is 0. The third-order valence-electron chi connectivity index (χ3n) is 10.4. The zero-order chi connectivity index (χ0) is 36.6. The molecule has 0 aliphatic carbocycles. The molecule has 0 unspecified atom stereocenters. The molecule has 0 saturated carbocycles. The molecule has 1 aromatic heterocycles. The van der Waals surface area contributed by atoms with Gasteiger partial charge in [-0.3, -0.25) is 0 Å². The summed E-state index contributed by atoms with van der Waals surface area (Å²) < 4.78 is 0. The first kappa shape index (κ1) is 32.3. The van der Waals surface area contributed by atoms with Gasteiger partial charge in [0.25, 0.3) is 0 Å². The van der Waals surface area contributed by atoms with Crippen molar-refractivity contribution in [1.29, 1.82) is 0 Å². The number of para-hydroxylation sites is 1. The first-order valence-electron chi connectivity index (χ1n) is 18.7. The van der Waals surface area contributed by atoms with Crippen LogP contribution in [0.3, 0.4) is 0 Å². The fourth-order valence-electron chi connectivity index (χ4n) is 7.77. The van der Waals surface area contributed by atoms with E-state index in [1.807, 2.05) is 12.1 Å². The SMILES string of the molecule is c1ccc(-c2ccc(N(c3ccc4ccc5ccc6nc(-c7ccccc7)c(-c7ccccc7)nc6c5c4c3)c3ccccc3-c3ccccc3)cc2)cc1. The second-order valence-electron chi connectivity index (χ2n) is 13.8. The van der Waals surface area contributed by atoms with Crippen molar-refractivity contribution in [2.45, 2.75) is 0 Å². The van der Waals surface area contributed by atoms with Crippen molar-refractivity contribution in [1.82, 2.24) is 9.97 Å². The summed E-state index contributed by atoms with van der Waals surface area (Å²) >= 11 is 0. The van der Waals surface area contributed by atoms with Gasteiger partial charge in [-0.1, -0.05) is 176 Å². The molecule has 10 rings (SSSR count). The third-order valence-corrected chi connectivity index (χ3v) is 10.4.